The quantitative estimate of drug-likeness (QED) is 0.334. The van der Waals surface area contributed by atoms with Crippen LogP contribution in [0.1, 0.15) is 5.56 Å². The molecule has 4 nitrogen and oxygen atoms in total. The van der Waals surface area contributed by atoms with Gasteiger partial charge in [0.1, 0.15) is 17.9 Å². The van der Waals surface area contributed by atoms with Crippen molar-refractivity contribution in [1.82, 2.24) is 0 Å². The molecule has 1 unspecified atom stereocenters. The fourth-order valence-electron chi connectivity index (χ4n) is 1.16. The number of rotatable bonds is 5. The summed E-state index contributed by atoms with van der Waals surface area (Å²) in [5.74, 6) is 1.73. The molecule has 0 fully saturated rings. The van der Waals surface area contributed by atoms with Crippen LogP contribution in [0.4, 0.5) is 0 Å². The van der Waals surface area contributed by atoms with Crippen molar-refractivity contribution in [3.05, 3.63) is 45.2 Å². The van der Waals surface area contributed by atoms with Gasteiger partial charge in [-0.3, -0.25) is 0 Å². The summed E-state index contributed by atoms with van der Waals surface area (Å²) in [5.41, 5.74) is 1.27. The Bertz CT molecular complexity index is 672. The van der Waals surface area contributed by atoms with Crippen molar-refractivity contribution in [1.29, 1.82) is 0 Å². The van der Waals surface area contributed by atoms with Crippen LogP contribution in [0, 0.1) is 12.5 Å². The maximum Gasteiger partial charge on any atom is 0.474 e. The van der Waals surface area contributed by atoms with E-state index in [2.05, 4.69) is 4.52 Å². The van der Waals surface area contributed by atoms with Crippen molar-refractivity contribution in [3.8, 4) is 12.5 Å². The van der Waals surface area contributed by atoms with E-state index in [4.69, 9.17) is 45.7 Å². The second-order valence-corrected chi connectivity index (χ2v) is 5.95. The van der Waals surface area contributed by atoms with Crippen LogP contribution < -0.4 is 0 Å². The minimum absolute atomic E-state index is 0.0987. The van der Waals surface area contributed by atoms with Crippen LogP contribution in [-0.2, 0) is 18.4 Å². The van der Waals surface area contributed by atoms with Crippen molar-refractivity contribution in [2.45, 2.75) is 0 Å². The first-order valence-corrected chi connectivity index (χ1v) is 7.67. The average molecular weight is 352 g/mol. The van der Waals surface area contributed by atoms with E-state index in [-0.39, 0.29) is 10.8 Å². The van der Waals surface area contributed by atoms with E-state index in [1.54, 1.807) is 6.11 Å². The van der Waals surface area contributed by atoms with Gasteiger partial charge in [0.05, 0.1) is 5.02 Å². The van der Waals surface area contributed by atoms with Crippen molar-refractivity contribution in [2.24, 2.45) is 0 Å². The third-order valence-electron chi connectivity index (χ3n) is 1.91. The lowest BCUT2D eigenvalue weighted by atomic mass is 10.2. The Kier molecular flexibility index (Phi) is 6.23. The fourth-order valence-corrected chi connectivity index (χ4v) is 2.73. The third-order valence-corrected chi connectivity index (χ3v) is 3.89. The van der Waals surface area contributed by atoms with Crippen molar-refractivity contribution >= 4 is 54.1 Å². The van der Waals surface area contributed by atoms with Gasteiger partial charge in [0.15, 0.2) is 5.76 Å². The largest absolute Gasteiger partial charge is 0.474 e. The molecule has 0 bridgehead atoms. The summed E-state index contributed by atoms with van der Waals surface area (Å²) in [5, 5.41) is 0.593. The van der Waals surface area contributed by atoms with Gasteiger partial charge in [-0.25, -0.2) is 9.36 Å². The summed E-state index contributed by atoms with van der Waals surface area (Å²) in [4.78, 5) is 10.3. The first-order valence-electron chi connectivity index (χ1n) is 4.87. The van der Waals surface area contributed by atoms with E-state index >= 15 is 0 Å². The SMILES string of the molecule is C#COP(=O)(C=C=O)O/C(=C\Cl)c1ccc(Cl)cc1Cl. The van der Waals surface area contributed by atoms with E-state index < -0.39 is 7.60 Å². The Hall–Kier alpha value is -1.33. The van der Waals surface area contributed by atoms with Gasteiger partial charge in [0, 0.05) is 16.1 Å². The Morgan fingerprint density at radius 2 is 2.10 bits per heavy atom. The standard InChI is InChI=1S/C12H6Cl3O4P/c1-2-18-20(17,6-5-16)19-12(8-13)10-4-3-9(14)7-11(10)15/h1,3-4,6-8H/b12-8-. The highest BCUT2D eigenvalue weighted by Gasteiger charge is 2.26. The van der Waals surface area contributed by atoms with E-state index in [9.17, 15) is 9.36 Å². The van der Waals surface area contributed by atoms with Gasteiger partial charge >= 0.3 is 7.60 Å². The number of benzene rings is 1. The molecule has 0 heterocycles. The molecule has 104 valence electrons. The molecule has 0 amide bonds. The van der Waals surface area contributed by atoms with Gasteiger partial charge in [0.2, 0.25) is 0 Å². The first kappa shape index (κ1) is 16.7. The first-order chi connectivity index (χ1) is 9.45. The Morgan fingerprint density at radius 1 is 1.40 bits per heavy atom. The molecule has 0 aliphatic rings. The lowest BCUT2D eigenvalue weighted by Crippen LogP contribution is -1.93. The second-order valence-electron chi connectivity index (χ2n) is 3.18. The topological polar surface area (TPSA) is 52.6 Å². The zero-order valence-electron chi connectivity index (χ0n) is 9.68. The smallest absolute Gasteiger partial charge is 0.411 e. The zero-order chi connectivity index (χ0) is 15.2. The molecule has 1 aromatic carbocycles. The van der Waals surface area contributed by atoms with Gasteiger partial charge in [0.25, 0.3) is 0 Å². The molecule has 0 aromatic heterocycles. The molecule has 8 heteroatoms. The molecule has 1 rings (SSSR count). The van der Waals surface area contributed by atoms with Gasteiger partial charge in [-0.2, -0.15) is 0 Å². The monoisotopic (exact) mass is 350 g/mol. The minimum atomic E-state index is -4.02. The number of carbonyl (C=O) groups excluding carboxylic acids is 1. The highest BCUT2D eigenvalue weighted by Crippen LogP contribution is 2.53. The third kappa shape index (κ3) is 4.35. The Morgan fingerprint density at radius 3 is 2.60 bits per heavy atom. The van der Waals surface area contributed by atoms with E-state index in [0.717, 1.165) is 5.54 Å². The van der Waals surface area contributed by atoms with Gasteiger partial charge in [-0.05, 0) is 18.2 Å². The highest BCUT2D eigenvalue weighted by molar-refractivity contribution is 7.58. The minimum Gasteiger partial charge on any atom is -0.411 e. The van der Waals surface area contributed by atoms with Gasteiger partial charge < -0.3 is 9.05 Å². The average Bonchev–Trinajstić information content (AvgIpc) is 2.37. The zero-order valence-corrected chi connectivity index (χ0v) is 12.8. The maximum absolute atomic E-state index is 12.1. The number of halogens is 3. The molecule has 0 N–H and O–H groups in total. The summed E-state index contributed by atoms with van der Waals surface area (Å²) in [6.07, 6.45) is 6.56. The summed E-state index contributed by atoms with van der Waals surface area (Å²) in [6.45, 7) is 0. The van der Waals surface area contributed by atoms with Crippen LogP contribution in [-0.4, -0.2) is 5.94 Å². The van der Waals surface area contributed by atoms with Gasteiger partial charge in [-0.15, -0.1) is 0 Å². The lowest BCUT2D eigenvalue weighted by molar-refractivity contribution is 0.366. The molecule has 1 aromatic rings. The van der Waals surface area contributed by atoms with Crippen LogP contribution in [0.5, 0.6) is 0 Å². The maximum atomic E-state index is 12.1. The summed E-state index contributed by atoms with van der Waals surface area (Å²) in [7, 11) is -4.02. The van der Waals surface area contributed by atoms with Crippen molar-refractivity contribution in [2.75, 3.05) is 0 Å². The number of hydrogen-bond acceptors (Lipinski definition) is 4. The molecule has 0 radical (unpaired) electrons. The molecule has 0 spiro atoms. The van der Waals surface area contributed by atoms with Crippen LogP contribution in [0.3, 0.4) is 0 Å². The van der Waals surface area contributed by atoms with Crippen LogP contribution in [0.15, 0.2) is 29.6 Å². The summed E-state index contributed by atoms with van der Waals surface area (Å²) >= 11 is 17.3. The highest BCUT2D eigenvalue weighted by atomic mass is 35.5. The van der Waals surface area contributed by atoms with Crippen LogP contribution >= 0.6 is 42.4 Å². The van der Waals surface area contributed by atoms with Crippen LogP contribution in [0.2, 0.25) is 10.0 Å². The Balaban J connectivity index is 3.19. The lowest BCUT2D eigenvalue weighted by Gasteiger charge is -2.15. The molecule has 0 saturated heterocycles. The van der Waals surface area contributed by atoms with Crippen molar-refractivity contribution in [3.63, 3.8) is 0 Å². The fraction of sp³-hybridized carbons (Fsp3) is 0. The number of terminal acetylenes is 1. The molecule has 0 saturated carbocycles. The predicted molar refractivity (Wildman–Crippen MR) is 79.2 cm³/mol. The molecule has 20 heavy (non-hydrogen) atoms. The molecule has 0 aliphatic heterocycles. The summed E-state index contributed by atoms with van der Waals surface area (Å²) in [6, 6.07) is 4.45. The normalized spacial score (nSPS) is 13.6. The van der Waals surface area contributed by atoms with E-state index in [1.807, 2.05) is 0 Å². The van der Waals surface area contributed by atoms with E-state index in [1.165, 1.54) is 24.1 Å². The Labute approximate surface area is 130 Å². The van der Waals surface area contributed by atoms with E-state index in [0.29, 0.717) is 16.4 Å². The van der Waals surface area contributed by atoms with Gasteiger partial charge in [-0.1, -0.05) is 41.2 Å². The molecule has 0 aliphatic carbocycles. The summed E-state index contributed by atoms with van der Waals surface area (Å²) < 4.78 is 21.6. The predicted octanol–water partition coefficient (Wildman–Crippen LogP) is 4.69. The second kappa shape index (κ2) is 7.45. The molecular formula is C12H6Cl3O4P. The number of hydrogen-bond donors (Lipinski definition) is 0. The van der Waals surface area contributed by atoms with Crippen LogP contribution in [0.25, 0.3) is 5.76 Å². The molecule has 1 atom stereocenters. The molecular weight excluding hydrogens is 345 g/mol. The van der Waals surface area contributed by atoms with Crippen molar-refractivity contribution < 1.29 is 18.4 Å².